The van der Waals surface area contributed by atoms with Crippen molar-refractivity contribution in [1.82, 2.24) is 5.32 Å². The molecule has 0 radical (unpaired) electrons. The van der Waals surface area contributed by atoms with Gasteiger partial charge in [0.25, 0.3) is 0 Å². The molecule has 0 heterocycles. The Kier molecular flexibility index (Phi) is 6.75. The van der Waals surface area contributed by atoms with Gasteiger partial charge in [-0.15, -0.1) is 0 Å². The van der Waals surface area contributed by atoms with Gasteiger partial charge < -0.3 is 10.1 Å². The van der Waals surface area contributed by atoms with Crippen LogP contribution in [0.4, 0.5) is 0 Å². The van der Waals surface area contributed by atoms with E-state index in [-0.39, 0.29) is 5.60 Å². The van der Waals surface area contributed by atoms with E-state index in [1.54, 1.807) is 5.57 Å². The molecule has 1 fully saturated rings. The lowest BCUT2D eigenvalue weighted by Crippen LogP contribution is -2.54. The maximum absolute atomic E-state index is 6.39. The van der Waals surface area contributed by atoms with Crippen molar-refractivity contribution in [2.24, 2.45) is 5.92 Å². The Balaban J connectivity index is 2.18. The second-order valence-corrected chi connectivity index (χ2v) is 7.13. The number of allylic oxidation sites excluding steroid dienone is 1. The summed E-state index contributed by atoms with van der Waals surface area (Å²) < 4.78 is 6.39. The average Bonchev–Trinajstić information content (AvgIpc) is 2.45. The highest BCUT2D eigenvalue weighted by molar-refractivity contribution is 5.19. The van der Waals surface area contributed by atoms with Gasteiger partial charge >= 0.3 is 0 Å². The molecule has 1 saturated carbocycles. The zero-order chi connectivity index (χ0) is 15.1. The molecule has 2 aliphatic rings. The minimum Gasteiger partial charge on any atom is -0.373 e. The first kappa shape index (κ1) is 17.0. The van der Waals surface area contributed by atoms with Gasteiger partial charge in [0.05, 0.1) is 11.6 Å². The summed E-state index contributed by atoms with van der Waals surface area (Å²) >= 11 is 0. The molecule has 0 amide bonds. The summed E-state index contributed by atoms with van der Waals surface area (Å²) in [5.41, 5.74) is 1.67. The first-order chi connectivity index (χ1) is 10.2. The summed E-state index contributed by atoms with van der Waals surface area (Å²) in [4.78, 5) is 0. The Hall–Kier alpha value is -0.340. The molecule has 1 atom stereocenters. The fourth-order valence-corrected chi connectivity index (χ4v) is 4.32. The zero-order valence-corrected chi connectivity index (χ0v) is 14.4. The van der Waals surface area contributed by atoms with Crippen LogP contribution in [0.1, 0.15) is 78.1 Å². The van der Waals surface area contributed by atoms with E-state index >= 15 is 0 Å². The molecule has 1 unspecified atom stereocenters. The molecule has 0 aliphatic heterocycles. The van der Waals surface area contributed by atoms with Crippen LogP contribution in [0.5, 0.6) is 0 Å². The molecule has 0 spiro atoms. The van der Waals surface area contributed by atoms with Crippen LogP contribution in [0.2, 0.25) is 0 Å². The second kappa shape index (κ2) is 8.33. The zero-order valence-electron chi connectivity index (χ0n) is 14.4. The summed E-state index contributed by atoms with van der Waals surface area (Å²) in [5.74, 6) is 0.863. The van der Waals surface area contributed by atoms with Crippen molar-refractivity contribution < 1.29 is 4.74 Å². The van der Waals surface area contributed by atoms with Crippen molar-refractivity contribution in [2.75, 3.05) is 13.7 Å². The molecule has 2 heteroatoms. The average molecular weight is 293 g/mol. The van der Waals surface area contributed by atoms with Gasteiger partial charge in [-0.1, -0.05) is 31.4 Å². The second-order valence-electron chi connectivity index (χ2n) is 7.13. The predicted octanol–water partition coefficient (Wildman–Crippen LogP) is 4.84. The molecule has 0 bridgehead atoms. The molecule has 0 saturated heterocycles. The molecule has 0 aromatic heterocycles. The first-order valence-corrected chi connectivity index (χ1v) is 9.22. The maximum Gasteiger partial charge on any atom is 0.0873 e. The fraction of sp³-hybridized carbons (Fsp3) is 0.895. The summed E-state index contributed by atoms with van der Waals surface area (Å²) in [7, 11) is 2.13. The van der Waals surface area contributed by atoms with Gasteiger partial charge in [-0.3, -0.25) is 0 Å². The normalized spacial score (nSPS) is 32.9. The molecule has 2 rings (SSSR count). The molecular formula is C19H35NO. The van der Waals surface area contributed by atoms with E-state index in [0.717, 1.165) is 12.5 Å². The lowest BCUT2D eigenvalue weighted by Gasteiger charge is -2.46. The number of ether oxygens (including phenoxy) is 1. The van der Waals surface area contributed by atoms with Crippen molar-refractivity contribution in [3.8, 4) is 0 Å². The highest BCUT2D eigenvalue weighted by atomic mass is 16.5. The third-order valence-electron chi connectivity index (χ3n) is 5.56. The summed E-state index contributed by atoms with van der Waals surface area (Å²) in [5, 5.41) is 3.64. The van der Waals surface area contributed by atoms with Crippen molar-refractivity contribution in [1.29, 1.82) is 0 Å². The number of hydrogen-bond donors (Lipinski definition) is 1. The predicted molar refractivity (Wildman–Crippen MR) is 90.6 cm³/mol. The minimum atomic E-state index is 0.0427. The van der Waals surface area contributed by atoms with Gasteiger partial charge in [-0.2, -0.15) is 0 Å². The van der Waals surface area contributed by atoms with Gasteiger partial charge in [0, 0.05) is 6.61 Å². The maximum atomic E-state index is 6.39. The molecule has 2 nitrogen and oxygen atoms in total. The van der Waals surface area contributed by atoms with Crippen LogP contribution in [0.15, 0.2) is 11.6 Å². The van der Waals surface area contributed by atoms with E-state index in [4.69, 9.17) is 4.74 Å². The lowest BCUT2D eigenvalue weighted by atomic mass is 9.72. The summed E-state index contributed by atoms with van der Waals surface area (Å²) in [6, 6.07) is 0.419. The third kappa shape index (κ3) is 4.32. The highest BCUT2D eigenvalue weighted by Gasteiger charge is 2.42. The van der Waals surface area contributed by atoms with Gasteiger partial charge in [0.15, 0.2) is 0 Å². The Labute approximate surface area is 131 Å². The van der Waals surface area contributed by atoms with Crippen molar-refractivity contribution in [3.05, 3.63) is 11.6 Å². The van der Waals surface area contributed by atoms with Crippen LogP contribution >= 0.6 is 0 Å². The molecule has 0 aromatic carbocycles. The SMILES string of the molecule is CCOC1(C(NC)C2=CCCCCCC2)CCC(C)CC1. The fourth-order valence-electron chi connectivity index (χ4n) is 4.32. The molecule has 1 N–H and O–H groups in total. The molecule has 0 aromatic rings. The molecule has 2 aliphatic carbocycles. The van der Waals surface area contributed by atoms with Crippen molar-refractivity contribution >= 4 is 0 Å². The largest absolute Gasteiger partial charge is 0.373 e. The quantitative estimate of drug-likeness (QED) is 0.732. The van der Waals surface area contributed by atoms with Crippen LogP contribution < -0.4 is 5.32 Å². The van der Waals surface area contributed by atoms with E-state index in [0.29, 0.717) is 6.04 Å². The third-order valence-corrected chi connectivity index (χ3v) is 5.56. The van der Waals surface area contributed by atoms with Crippen LogP contribution in [0.25, 0.3) is 0 Å². The van der Waals surface area contributed by atoms with E-state index in [2.05, 4.69) is 32.3 Å². The number of nitrogens with one attached hydrogen (secondary N) is 1. The monoisotopic (exact) mass is 293 g/mol. The van der Waals surface area contributed by atoms with Crippen LogP contribution in [0, 0.1) is 5.92 Å². The van der Waals surface area contributed by atoms with Gasteiger partial charge in [-0.25, -0.2) is 0 Å². The standard InChI is InChI=1S/C19H35NO/c1-4-21-19(14-12-16(2)13-15-19)18(20-3)17-10-8-6-5-7-9-11-17/h10,16,18,20H,4-9,11-15H2,1-3H3. The van der Waals surface area contributed by atoms with Gasteiger partial charge in [0.2, 0.25) is 0 Å². The van der Waals surface area contributed by atoms with Crippen LogP contribution in [-0.2, 0) is 4.74 Å². The smallest absolute Gasteiger partial charge is 0.0873 e. The van der Waals surface area contributed by atoms with Crippen molar-refractivity contribution in [2.45, 2.75) is 89.7 Å². The minimum absolute atomic E-state index is 0.0427. The molecule has 21 heavy (non-hydrogen) atoms. The van der Waals surface area contributed by atoms with E-state index in [1.807, 2.05) is 0 Å². The van der Waals surface area contributed by atoms with E-state index in [9.17, 15) is 0 Å². The summed E-state index contributed by atoms with van der Waals surface area (Å²) in [6.07, 6.45) is 15.6. The number of likely N-dealkylation sites (N-methyl/N-ethyl adjacent to an activating group) is 1. The van der Waals surface area contributed by atoms with Gasteiger partial charge in [0.1, 0.15) is 0 Å². The van der Waals surface area contributed by atoms with E-state index < -0.39 is 0 Å². The van der Waals surface area contributed by atoms with E-state index in [1.165, 1.54) is 64.2 Å². The number of rotatable bonds is 5. The topological polar surface area (TPSA) is 21.3 Å². The first-order valence-electron chi connectivity index (χ1n) is 9.22. The Bertz CT molecular complexity index is 328. The Morgan fingerprint density at radius 3 is 2.62 bits per heavy atom. The van der Waals surface area contributed by atoms with Gasteiger partial charge in [-0.05, 0) is 71.3 Å². The molecule has 122 valence electrons. The van der Waals surface area contributed by atoms with Crippen molar-refractivity contribution in [3.63, 3.8) is 0 Å². The number of hydrogen-bond acceptors (Lipinski definition) is 2. The molecular weight excluding hydrogens is 258 g/mol. The summed E-state index contributed by atoms with van der Waals surface area (Å²) in [6.45, 7) is 5.37. The highest BCUT2D eigenvalue weighted by Crippen LogP contribution is 2.40. The Morgan fingerprint density at radius 1 is 1.24 bits per heavy atom. The lowest BCUT2D eigenvalue weighted by molar-refractivity contribution is -0.0878. The Morgan fingerprint density at radius 2 is 1.95 bits per heavy atom. The van der Waals surface area contributed by atoms with Crippen LogP contribution in [0.3, 0.4) is 0 Å². The van der Waals surface area contributed by atoms with Crippen LogP contribution in [-0.4, -0.2) is 25.3 Å².